The summed E-state index contributed by atoms with van der Waals surface area (Å²) in [6.45, 7) is 0. The van der Waals surface area contributed by atoms with Gasteiger partial charge in [-0.25, -0.2) is 0 Å². The fourth-order valence-corrected chi connectivity index (χ4v) is 4.26. The number of rotatable bonds is 6. The van der Waals surface area contributed by atoms with E-state index < -0.39 is 10.8 Å². The van der Waals surface area contributed by atoms with Crippen LogP contribution in [0.4, 0.5) is 0 Å². The molecule has 0 saturated carbocycles. The van der Waals surface area contributed by atoms with Crippen LogP contribution in [0.3, 0.4) is 0 Å². The van der Waals surface area contributed by atoms with E-state index in [1.54, 1.807) is 24.3 Å². The second-order valence-electron chi connectivity index (χ2n) is 6.70. The van der Waals surface area contributed by atoms with Gasteiger partial charge in [0.15, 0.2) is 11.6 Å². The minimum atomic E-state index is -1.55. The predicted molar refractivity (Wildman–Crippen MR) is 114 cm³/mol. The lowest BCUT2D eigenvalue weighted by molar-refractivity contribution is 0.102. The van der Waals surface area contributed by atoms with E-state index in [1.165, 1.54) is 0 Å². The maximum Gasteiger partial charge on any atom is 0.175 e. The Balaban J connectivity index is 1.44. The van der Waals surface area contributed by atoms with Gasteiger partial charge in [-0.05, 0) is 33.7 Å². The first kappa shape index (κ1) is 18.3. The number of carbonyl (C=O) groups is 2. The summed E-state index contributed by atoms with van der Waals surface area (Å²) in [7, 11) is -1.55. The Bertz CT molecular complexity index is 1130. The van der Waals surface area contributed by atoms with Crippen molar-refractivity contribution in [2.45, 2.75) is 0 Å². The van der Waals surface area contributed by atoms with E-state index in [0.29, 0.717) is 11.1 Å². The van der Waals surface area contributed by atoms with Gasteiger partial charge < -0.3 is 0 Å². The number of fused-ring (bicyclic) bond motifs is 2. The van der Waals surface area contributed by atoms with Gasteiger partial charge in [-0.1, -0.05) is 72.8 Å². The molecule has 0 aromatic heterocycles. The molecule has 0 bridgehead atoms. The van der Waals surface area contributed by atoms with Crippen LogP contribution in [-0.2, 0) is 10.8 Å². The minimum Gasteiger partial charge on any atom is -0.293 e. The van der Waals surface area contributed by atoms with Crippen LogP contribution >= 0.6 is 0 Å². The maximum absolute atomic E-state index is 12.5. The summed E-state index contributed by atoms with van der Waals surface area (Å²) in [6.07, 6.45) is 0. The molecule has 28 heavy (non-hydrogen) atoms. The summed E-state index contributed by atoms with van der Waals surface area (Å²) in [4.78, 5) is 25.0. The lowest BCUT2D eigenvalue weighted by Gasteiger charge is -2.05. The van der Waals surface area contributed by atoms with Crippen LogP contribution in [-0.4, -0.2) is 27.3 Å². The number of benzene rings is 4. The van der Waals surface area contributed by atoms with E-state index >= 15 is 0 Å². The highest BCUT2D eigenvalue weighted by molar-refractivity contribution is 7.86. The average molecular weight is 386 g/mol. The van der Waals surface area contributed by atoms with Crippen LogP contribution in [0.2, 0.25) is 0 Å². The van der Waals surface area contributed by atoms with Crippen LogP contribution in [0, 0.1) is 0 Å². The smallest absolute Gasteiger partial charge is 0.175 e. The lowest BCUT2D eigenvalue weighted by Crippen LogP contribution is -2.18. The van der Waals surface area contributed by atoms with Crippen LogP contribution < -0.4 is 0 Å². The van der Waals surface area contributed by atoms with Crippen LogP contribution in [0.15, 0.2) is 84.9 Å². The summed E-state index contributed by atoms with van der Waals surface area (Å²) in [5.41, 5.74) is 1.04. The van der Waals surface area contributed by atoms with Gasteiger partial charge in [0.1, 0.15) is 0 Å². The largest absolute Gasteiger partial charge is 0.293 e. The maximum atomic E-state index is 12.5. The zero-order chi connectivity index (χ0) is 19.5. The SMILES string of the molecule is O=C(CS(=O)CC(=O)c1ccc2ccccc2c1)c1ccc2ccccc2c1. The van der Waals surface area contributed by atoms with E-state index in [-0.39, 0.29) is 23.1 Å². The van der Waals surface area contributed by atoms with Gasteiger partial charge >= 0.3 is 0 Å². The quantitative estimate of drug-likeness (QED) is 0.447. The van der Waals surface area contributed by atoms with Crippen molar-refractivity contribution < 1.29 is 13.8 Å². The molecule has 4 rings (SSSR count). The molecule has 0 aliphatic carbocycles. The Morgan fingerprint density at radius 2 is 0.964 bits per heavy atom. The summed E-state index contributed by atoms with van der Waals surface area (Å²) in [5, 5.41) is 4.02. The fourth-order valence-electron chi connectivity index (χ4n) is 3.24. The molecule has 0 heterocycles. The summed E-state index contributed by atoms with van der Waals surface area (Å²) < 4.78 is 12.4. The molecule has 0 aliphatic heterocycles. The standard InChI is InChI=1S/C24H18O3S/c25-23(21-11-9-17-5-1-3-7-19(17)13-21)15-28(27)16-24(26)22-12-10-18-6-2-4-8-20(18)14-22/h1-14H,15-16H2. The molecule has 0 amide bonds. The van der Waals surface area contributed by atoms with Gasteiger partial charge in [-0.2, -0.15) is 0 Å². The van der Waals surface area contributed by atoms with E-state index in [4.69, 9.17) is 0 Å². The zero-order valence-electron chi connectivity index (χ0n) is 15.1. The topological polar surface area (TPSA) is 51.2 Å². The number of hydrogen-bond donors (Lipinski definition) is 0. The Morgan fingerprint density at radius 3 is 1.39 bits per heavy atom. The van der Waals surface area contributed by atoms with E-state index in [2.05, 4.69) is 0 Å². The van der Waals surface area contributed by atoms with Gasteiger partial charge in [0.2, 0.25) is 0 Å². The molecule has 0 aliphatic rings. The first-order valence-corrected chi connectivity index (χ1v) is 10.5. The van der Waals surface area contributed by atoms with Gasteiger partial charge in [0.05, 0.1) is 11.5 Å². The second kappa shape index (κ2) is 7.87. The highest BCUT2D eigenvalue weighted by atomic mass is 32.2. The van der Waals surface area contributed by atoms with Crippen molar-refractivity contribution in [2.75, 3.05) is 11.5 Å². The molecule has 0 radical (unpaired) electrons. The highest BCUT2D eigenvalue weighted by Crippen LogP contribution is 2.18. The molecular formula is C24H18O3S. The van der Waals surface area contributed by atoms with E-state index in [9.17, 15) is 13.8 Å². The first-order chi connectivity index (χ1) is 13.6. The monoisotopic (exact) mass is 386 g/mol. The molecule has 0 atom stereocenters. The van der Waals surface area contributed by atoms with Crippen molar-refractivity contribution >= 4 is 43.9 Å². The van der Waals surface area contributed by atoms with Crippen LogP contribution in [0.1, 0.15) is 20.7 Å². The normalized spacial score (nSPS) is 11.2. The van der Waals surface area contributed by atoms with Crippen molar-refractivity contribution in [1.82, 2.24) is 0 Å². The number of ketones is 2. The third-order valence-corrected chi connectivity index (χ3v) is 5.90. The molecule has 0 unspecified atom stereocenters. The van der Waals surface area contributed by atoms with Gasteiger partial charge in [0, 0.05) is 21.9 Å². The summed E-state index contributed by atoms with van der Waals surface area (Å²) in [6, 6.07) is 26.4. The van der Waals surface area contributed by atoms with Crippen molar-refractivity contribution in [3.63, 3.8) is 0 Å². The average Bonchev–Trinajstić information content (AvgIpc) is 2.72. The third-order valence-electron chi connectivity index (χ3n) is 4.73. The second-order valence-corrected chi connectivity index (χ2v) is 8.16. The van der Waals surface area contributed by atoms with Crippen molar-refractivity contribution in [2.24, 2.45) is 0 Å². The summed E-state index contributed by atoms with van der Waals surface area (Å²) >= 11 is 0. The predicted octanol–water partition coefficient (Wildman–Crippen LogP) is 4.81. The van der Waals surface area contributed by atoms with Crippen molar-refractivity contribution in [3.8, 4) is 0 Å². The Labute approximate surface area is 165 Å². The van der Waals surface area contributed by atoms with Crippen LogP contribution in [0.5, 0.6) is 0 Å². The van der Waals surface area contributed by atoms with E-state index in [0.717, 1.165) is 21.5 Å². The molecule has 4 heteroatoms. The Hall–Kier alpha value is -3.11. The number of hydrogen-bond acceptors (Lipinski definition) is 3. The highest BCUT2D eigenvalue weighted by Gasteiger charge is 2.16. The number of Topliss-reactive ketones (excluding diaryl/α,β-unsaturated/α-hetero) is 2. The fraction of sp³-hybridized carbons (Fsp3) is 0.0833. The molecule has 0 saturated heterocycles. The molecule has 138 valence electrons. The molecule has 4 aromatic rings. The van der Waals surface area contributed by atoms with Gasteiger partial charge in [-0.15, -0.1) is 0 Å². The molecule has 3 nitrogen and oxygen atoms in total. The Morgan fingerprint density at radius 1 is 0.571 bits per heavy atom. The van der Waals surface area contributed by atoms with E-state index in [1.807, 2.05) is 60.7 Å². The molecule has 0 N–H and O–H groups in total. The van der Waals surface area contributed by atoms with Crippen molar-refractivity contribution in [3.05, 3.63) is 96.1 Å². The van der Waals surface area contributed by atoms with Gasteiger partial charge in [0.25, 0.3) is 0 Å². The summed E-state index contributed by atoms with van der Waals surface area (Å²) in [5.74, 6) is -0.735. The third kappa shape index (κ3) is 3.92. The molecule has 0 spiro atoms. The van der Waals surface area contributed by atoms with Gasteiger partial charge in [-0.3, -0.25) is 13.8 Å². The Kier molecular flexibility index (Phi) is 5.13. The minimum absolute atomic E-state index is 0.155. The molecule has 4 aromatic carbocycles. The van der Waals surface area contributed by atoms with Crippen molar-refractivity contribution in [1.29, 1.82) is 0 Å². The molecular weight excluding hydrogens is 368 g/mol. The zero-order valence-corrected chi connectivity index (χ0v) is 15.9. The molecule has 0 fully saturated rings. The first-order valence-electron chi connectivity index (χ1n) is 8.99. The van der Waals surface area contributed by atoms with Crippen LogP contribution in [0.25, 0.3) is 21.5 Å². The lowest BCUT2D eigenvalue weighted by atomic mass is 10.1. The number of carbonyl (C=O) groups excluding carboxylic acids is 2.